The molecule has 5 aliphatic rings. The maximum Gasteiger partial charge on any atom is 0.229 e. The second-order valence-electron chi connectivity index (χ2n) is 13.5. The second-order valence-corrected chi connectivity index (χ2v) is 13.5. The number of aryl methyl sites for hydroxylation is 2. The van der Waals surface area contributed by atoms with Gasteiger partial charge in [0.2, 0.25) is 5.91 Å². The third kappa shape index (κ3) is 4.64. The third-order valence-corrected chi connectivity index (χ3v) is 10.4. The molecule has 9 rings (SSSR count). The van der Waals surface area contributed by atoms with E-state index in [2.05, 4.69) is 41.7 Å². The zero-order valence-electron chi connectivity index (χ0n) is 23.5. The quantitative estimate of drug-likeness (QED) is 0.280. The summed E-state index contributed by atoms with van der Waals surface area (Å²) in [6, 6.07) is 20.7. The first-order valence-corrected chi connectivity index (χ1v) is 15.4. The van der Waals surface area contributed by atoms with Crippen LogP contribution in [-0.2, 0) is 37.1 Å². The van der Waals surface area contributed by atoms with Gasteiger partial charge in [0.15, 0.2) is 5.82 Å². The number of hydrogen-bond acceptors (Lipinski definition) is 4. The van der Waals surface area contributed by atoms with Crippen LogP contribution in [0.5, 0.6) is 0 Å². The Morgan fingerprint density at radius 2 is 1.59 bits per heavy atom. The summed E-state index contributed by atoms with van der Waals surface area (Å²) in [4.78, 5) is 24.0. The number of carbonyl (C=O) groups excluding carboxylic acids is 1. The first-order chi connectivity index (χ1) is 20.0. The standard InChI is InChI=1S/C36H37N3O2/c40-21-23-6-9-30-29(15-23)8-10-31-34(30)37-32(20-36-17-24-11-25(18-36)13-26(12-24)19-36)35(38-31)39-33(41)16-22-5-7-27-3-1-2-4-28(27)14-22/h1-7,9,14-15,24-26,40H,8,10-13,16-21H2,(H,38,39,41). The molecule has 5 aliphatic carbocycles. The molecule has 1 amide bonds. The van der Waals surface area contributed by atoms with Gasteiger partial charge in [-0.3, -0.25) is 4.79 Å². The average molecular weight is 544 g/mol. The summed E-state index contributed by atoms with van der Waals surface area (Å²) in [6.07, 6.45) is 11.0. The van der Waals surface area contributed by atoms with Crippen LogP contribution in [0.25, 0.3) is 22.0 Å². The Balaban J connectivity index is 1.14. The molecule has 4 saturated carbocycles. The number of nitrogens with one attached hydrogen (secondary N) is 1. The van der Waals surface area contributed by atoms with E-state index in [0.717, 1.165) is 76.2 Å². The van der Waals surface area contributed by atoms with E-state index in [-0.39, 0.29) is 17.9 Å². The van der Waals surface area contributed by atoms with Gasteiger partial charge >= 0.3 is 0 Å². The molecule has 5 heteroatoms. The number of fused-ring (bicyclic) bond motifs is 4. The molecule has 4 aromatic rings. The molecule has 0 atom stereocenters. The molecule has 0 saturated heterocycles. The maximum absolute atomic E-state index is 13.5. The van der Waals surface area contributed by atoms with Crippen LogP contribution in [0.3, 0.4) is 0 Å². The van der Waals surface area contributed by atoms with Gasteiger partial charge in [-0.1, -0.05) is 60.7 Å². The topological polar surface area (TPSA) is 75.1 Å². The summed E-state index contributed by atoms with van der Waals surface area (Å²) >= 11 is 0. The molecule has 0 unspecified atom stereocenters. The monoisotopic (exact) mass is 543 g/mol. The second kappa shape index (κ2) is 9.77. The fourth-order valence-corrected chi connectivity index (χ4v) is 9.13. The van der Waals surface area contributed by atoms with Gasteiger partial charge in [0.25, 0.3) is 0 Å². The molecule has 3 aromatic carbocycles. The number of carbonyl (C=O) groups is 1. The van der Waals surface area contributed by atoms with Crippen molar-refractivity contribution in [2.24, 2.45) is 23.2 Å². The number of hydrogen-bond donors (Lipinski definition) is 2. The predicted molar refractivity (Wildman–Crippen MR) is 161 cm³/mol. The van der Waals surface area contributed by atoms with Crippen LogP contribution in [0, 0.1) is 23.2 Å². The minimum absolute atomic E-state index is 0.0370. The van der Waals surface area contributed by atoms with Crippen molar-refractivity contribution in [2.75, 3.05) is 5.32 Å². The van der Waals surface area contributed by atoms with Crippen LogP contribution in [0.1, 0.15) is 66.6 Å². The summed E-state index contributed by atoms with van der Waals surface area (Å²) in [7, 11) is 0. The van der Waals surface area contributed by atoms with Crippen LogP contribution in [0.15, 0.2) is 60.7 Å². The summed E-state index contributed by atoms with van der Waals surface area (Å²) in [5, 5.41) is 15.2. The fraction of sp³-hybridized carbons (Fsp3) is 0.417. The highest BCUT2D eigenvalue weighted by molar-refractivity contribution is 5.93. The molecule has 2 N–H and O–H groups in total. The lowest BCUT2D eigenvalue weighted by Gasteiger charge is -2.57. The van der Waals surface area contributed by atoms with E-state index in [9.17, 15) is 9.90 Å². The van der Waals surface area contributed by atoms with Gasteiger partial charge in [0.1, 0.15) is 0 Å². The molecular formula is C36H37N3O2. The van der Waals surface area contributed by atoms with Crippen molar-refractivity contribution in [3.05, 3.63) is 88.7 Å². The van der Waals surface area contributed by atoms with Gasteiger partial charge in [0, 0.05) is 5.56 Å². The first-order valence-electron chi connectivity index (χ1n) is 15.4. The lowest BCUT2D eigenvalue weighted by molar-refractivity contribution is -0.115. The lowest BCUT2D eigenvalue weighted by atomic mass is 9.48. The summed E-state index contributed by atoms with van der Waals surface area (Å²) in [5.74, 6) is 3.20. The van der Waals surface area contributed by atoms with Crippen molar-refractivity contribution in [1.29, 1.82) is 0 Å². The van der Waals surface area contributed by atoms with E-state index in [4.69, 9.17) is 9.97 Å². The van der Waals surface area contributed by atoms with Gasteiger partial charge in [-0.15, -0.1) is 0 Å². The van der Waals surface area contributed by atoms with Crippen LogP contribution in [0.4, 0.5) is 5.82 Å². The molecule has 0 radical (unpaired) electrons. The number of nitrogens with zero attached hydrogens (tertiary/aromatic N) is 2. The highest BCUT2D eigenvalue weighted by Crippen LogP contribution is 2.61. The van der Waals surface area contributed by atoms with Gasteiger partial charge in [-0.2, -0.15) is 0 Å². The predicted octanol–water partition coefficient (Wildman–Crippen LogP) is 6.83. The fourth-order valence-electron chi connectivity index (χ4n) is 9.13. The number of anilines is 1. The van der Waals surface area contributed by atoms with Crippen molar-refractivity contribution >= 4 is 22.5 Å². The highest BCUT2D eigenvalue weighted by Gasteiger charge is 2.51. The molecule has 5 nitrogen and oxygen atoms in total. The van der Waals surface area contributed by atoms with Gasteiger partial charge in [0.05, 0.1) is 30.1 Å². The van der Waals surface area contributed by atoms with Gasteiger partial charge in [-0.05, 0) is 108 Å². The number of aromatic nitrogens is 2. The molecule has 208 valence electrons. The molecule has 4 fully saturated rings. The Bertz CT molecular complexity index is 1640. The van der Waals surface area contributed by atoms with E-state index in [1.807, 2.05) is 24.3 Å². The molecule has 0 spiro atoms. The van der Waals surface area contributed by atoms with E-state index in [1.165, 1.54) is 49.5 Å². The Hall–Kier alpha value is -3.57. The van der Waals surface area contributed by atoms with Crippen molar-refractivity contribution in [3.8, 4) is 11.3 Å². The molecule has 1 heterocycles. The number of benzene rings is 3. The Kier molecular flexibility index (Phi) is 5.99. The molecule has 41 heavy (non-hydrogen) atoms. The summed E-state index contributed by atoms with van der Waals surface area (Å²) in [5.41, 5.74) is 7.45. The Morgan fingerprint density at radius 3 is 2.34 bits per heavy atom. The molecule has 4 bridgehead atoms. The van der Waals surface area contributed by atoms with Crippen molar-refractivity contribution in [1.82, 2.24) is 9.97 Å². The number of aliphatic hydroxyl groups is 1. The first kappa shape index (κ1) is 25.2. The smallest absolute Gasteiger partial charge is 0.229 e. The summed E-state index contributed by atoms with van der Waals surface area (Å²) in [6.45, 7) is 0.0469. The van der Waals surface area contributed by atoms with E-state index < -0.39 is 0 Å². The van der Waals surface area contributed by atoms with E-state index in [1.54, 1.807) is 0 Å². The average Bonchev–Trinajstić information content (AvgIpc) is 2.96. The SMILES string of the molecule is O=C(Cc1ccc2ccccc2c1)Nc1nc2c(nc1CC13CC4CC(CC(C4)C1)C3)-c1ccc(CO)cc1CC2. The number of amides is 1. The van der Waals surface area contributed by atoms with Crippen molar-refractivity contribution < 1.29 is 9.90 Å². The van der Waals surface area contributed by atoms with E-state index in [0.29, 0.717) is 12.2 Å². The normalized spacial score (nSPS) is 25.6. The van der Waals surface area contributed by atoms with Gasteiger partial charge in [-0.25, -0.2) is 9.97 Å². The number of aliphatic hydroxyl groups excluding tert-OH is 1. The maximum atomic E-state index is 13.5. The zero-order chi connectivity index (χ0) is 27.6. The minimum atomic E-state index is -0.0370. The van der Waals surface area contributed by atoms with Crippen LogP contribution in [0.2, 0.25) is 0 Å². The molecule has 0 aliphatic heterocycles. The summed E-state index contributed by atoms with van der Waals surface area (Å²) < 4.78 is 0. The zero-order valence-corrected chi connectivity index (χ0v) is 23.5. The molecule has 1 aromatic heterocycles. The van der Waals surface area contributed by atoms with Crippen molar-refractivity contribution in [2.45, 2.75) is 70.8 Å². The molecular weight excluding hydrogens is 506 g/mol. The van der Waals surface area contributed by atoms with Crippen LogP contribution < -0.4 is 5.32 Å². The van der Waals surface area contributed by atoms with Gasteiger partial charge < -0.3 is 10.4 Å². The highest BCUT2D eigenvalue weighted by atomic mass is 16.3. The minimum Gasteiger partial charge on any atom is -0.392 e. The Labute approximate surface area is 241 Å². The Morgan fingerprint density at radius 1 is 0.854 bits per heavy atom. The number of rotatable bonds is 6. The lowest BCUT2D eigenvalue weighted by Crippen LogP contribution is -2.47. The van der Waals surface area contributed by atoms with Crippen LogP contribution >= 0.6 is 0 Å². The van der Waals surface area contributed by atoms with Crippen LogP contribution in [-0.4, -0.2) is 21.0 Å². The largest absolute Gasteiger partial charge is 0.392 e. The van der Waals surface area contributed by atoms with Crippen molar-refractivity contribution in [3.63, 3.8) is 0 Å². The van der Waals surface area contributed by atoms with E-state index >= 15 is 0 Å². The third-order valence-electron chi connectivity index (χ3n) is 10.4.